The summed E-state index contributed by atoms with van der Waals surface area (Å²) in [6.07, 6.45) is 3.77. The van der Waals surface area contributed by atoms with Crippen LogP contribution < -0.4 is 5.32 Å². The number of aryl methyl sites for hydroxylation is 1. The highest BCUT2D eigenvalue weighted by molar-refractivity contribution is 5.25. The van der Waals surface area contributed by atoms with Gasteiger partial charge >= 0.3 is 0 Å². The smallest absolute Gasteiger partial charge is 0.0344 e. The first kappa shape index (κ1) is 10.2. The van der Waals surface area contributed by atoms with E-state index in [4.69, 9.17) is 0 Å². The molecule has 1 N–H and O–H groups in total. The third-order valence-corrected chi connectivity index (χ3v) is 2.38. The van der Waals surface area contributed by atoms with Gasteiger partial charge in [-0.3, -0.25) is 4.98 Å². The molecule has 13 heavy (non-hydrogen) atoms. The summed E-state index contributed by atoms with van der Waals surface area (Å²) in [5, 5.41) is 3.33. The van der Waals surface area contributed by atoms with Crippen molar-refractivity contribution in [2.24, 2.45) is 5.92 Å². The molecule has 1 aromatic rings. The lowest BCUT2D eigenvalue weighted by atomic mass is 9.94. The van der Waals surface area contributed by atoms with Crippen LogP contribution in [0.3, 0.4) is 0 Å². The standard InChI is InChI=1S/C11H18N2/c1-8(2)11(12-4)10-5-6-13-7-9(10)3/h5-8,11-12H,1-4H3. The zero-order valence-electron chi connectivity index (χ0n) is 8.83. The van der Waals surface area contributed by atoms with Gasteiger partial charge in [-0.05, 0) is 37.1 Å². The number of hydrogen-bond donors (Lipinski definition) is 1. The maximum atomic E-state index is 4.09. The van der Waals surface area contributed by atoms with E-state index in [0.717, 1.165) is 0 Å². The van der Waals surface area contributed by atoms with Crippen molar-refractivity contribution < 1.29 is 0 Å². The second kappa shape index (κ2) is 4.38. The van der Waals surface area contributed by atoms with Crippen molar-refractivity contribution in [3.8, 4) is 0 Å². The van der Waals surface area contributed by atoms with E-state index in [1.807, 2.05) is 19.4 Å². The average Bonchev–Trinajstić information content (AvgIpc) is 2.09. The van der Waals surface area contributed by atoms with Crippen molar-refractivity contribution in [2.75, 3.05) is 7.05 Å². The minimum absolute atomic E-state index is 0.433. The largest absolute Gasteiger partial charge is 0.313 e. The van der Waals surface area contributed by atoms with Crippen LogP contribution in [0.15, 0.2) is 18.5 Å². The summed E-state index contributed by atoms with van der Waals surface area (Å²) in [6.45, 7) is 6.55. The van der Waals surface area contributed by atoms with Crippen LogP contribution in [0, 0.1) is 12.8 Å². The van der Waals surface area contributed by atoms with E-state index >= 15 is 0 Å². The minimum Gasteiger partial charge on any atom is -0.313 e. The number of rotatable bonds is 3. The van der Waals surface area contributed by atoms with Crippen LogP contribution in [0.2, 0.25) is 0 Å². The fourth-order valence-electron chi connectivity index (χ4n) is 1.68. The fraction of sp³-hybridized carbons (Fsp3) is 0.545. The normalized spacial score (nSPS) is 13.3. The second-order valence-electron chi connectivity index (χ2n) is 3.74. The van der Waals surface area contributed by atoms with Gasteiger partial charge in [0, 0.05) is 18.4 Å². The molecule has 0 spiro atoms. The van der Waals surface area contributed by atoms with E-state index in [2.05, 4.69) is 37.1 Å². The van der Waals surface area contributed by atoms with Gasteiger partial charge in [-0.15, -0.1) is 0 Å². The number of hydrogen-bond acceptors (Lipinski definition) is 2. The summed E-state index contributed by atoms with van der Waals surface area (Å²) in [5.74, 6) is 0.603. The summed E-state index contributed by atoms with van der Waals surface area (Å²) >= 11 is 0. The molecule has 0 aliphatic rings. The molecule has 0 aliphatic heterocycles. The maximum absolute atomic E-state index is 4.09. The van der Waals surface area contributed by atoms with Crippen molar-refractivity contribution in [2.45, 2.75) is 26.8 Å². The van der Waals surface area contributed by atoms with Crippen LogP contribution >= 0.6 is 0 Å². The topological polar surface area (TPSA) is 24.9 Å². The summed E-state index contributed by atoms with van der Waals surface area (Å²) in [6, 6.07) is 2.53. The molecule has 1 heterocycles. The zero-order chi connectivity index (χ0) is 9.84. The Bertz CT molecular complexity index is 269. The summed E-state index contributed by atoms with van der Waals surface area (Å²) in [4.78, 5) is 4.09. The van der Waals surface area contributed by atoms with Crippen molar-refractivity contribution in [1.29, 1.82) is 0 Å². The molecule has 1 rings (SSSR count). The van der Waals surface area contributed by atoms with Crippen molar-refractivity contribution in [3.05, 3.63) is 29.6 Å². The van der Waals surface area contributed by atoms with Crippen LogP contribution in [-0.2, 0) is 0 Å². The van der Waals surface area contributed by atoms with Crippen LogP contribution in [0.25, 0.3) is 0 Å². The monoisotopic (exact) mass is 178 g/mol. The first-order valence-corrected chi connectivity index (χ1v) is 4.74. The van der Waals surface area contributed by atoms with Gasteiger partial charge < -0.3 is 5.32 Å². The first-order chi connectivity index (χ1) is 6.16. The number of aromatic nitrogens is 1. The predicted octanol–water partition coefficient (Wildman–Crippen LogP) is 2.31. The molecule has 2 heteroatoms. The van der Waals surface area contributed by atoms with Crippen LogP contribution in [0.1, 0.15) is 31.0 Å². The third-order valence-electron chi connectivity index (χ3n) is 2.38. The third kappa shape index (κ3) is 2.28. The second-order valence-corrected chi connectivity index (χ2v) is 3.74. The lowest BCUT2D eigenvalue weighted by Gasteiger charge is -2.22. The lowest BCUT2D eigenvalue weighted by Crippen LogP contribution is -2.22. The van der Waals surface area contributed by atoms with Gasteiger partial charge in [0.15, 0.2) is 0 Å². The van der Waals surface area contributed by atoms with Gasteiger partial charge in [0.2, 0.25) is 0 Å². The number of nitrogens with one attached hydrogen (secondary N) is 1. The highest BCUT2D eigenvalue weighted by Gasteiger charge is 2.14. The molecular formula is C11H18N2. The maximum Gasteiger partial charge on any atom is 0.0344 e. The van der Waals surface area contributed by atoms with E-state index in [1.165, 1.54) is 11.1 Å². The quantitative estimate of drug-likeness (QED) is 0.768. The molecule has 0 aromatic carbocycles. The minimum atomic E-state index is 0.433. The molecule has 0 saturated heterocycles. The van der Waals surface area contributed by atoms with Crippen LogP contribution in [0.4, 0.5) is 0 Å². The Hall–Kier alpha value is -0.890. The number of nitrogens with zero attached hydrogens (tertiary/aromatic N) is 1. The molecule has 1 aromatic heterocycles. The Morgan fingerprint density at radius 2 is 2.08 bits per heavy atom. The zero-order valence-corrected chi connectivity index (χ0v) is 8.83. The SMILES string of the molecule is CNC(c1ccncc1C)C(C)C. The molecular weight excluding hydrogens is 160 g/mol. The first-order valence-electron chi connectivity index (χ1n) is 4.74. The molecule has 0 aliphatic carbocycles. The summed E-state index contributed by atoms with van der Waals surface area (Å²) < 4.78 is 0. The molecule has 0 fully saturated rings. The van der Waals surface area contributed by atoms with Crippen molar-refractivity contribution in [1.82, 2.24) is 10.3 Å². The Morgan fingerprint density at radius 3 is 2.54 bits per heavy atom. The lowest BCUT2D eigenvalue weighted by molar-refractivity contribution is 0.441. The summed E-state index contributed by atoms with van der Waals surface area (Å²) in [5.41, 5.74) is 2.61. The van der Waals surface area contributed by atoms with Gasteiger partial charge in [0.05, 0.1) is 0 Å². The number of pyridine rings is 1. The Labute approximate surface area is 80.4 Å². The van der Waals surface area contributed by atoms with E-state index in [-0.39, 0.29) is 0 Å². The molecule has 0 radical (unpaired) electrons. The Morgan fingerprint density at radius 1 is 1.38 bits per heavy atom. The molecule has 2 nitrogen and oxygen atoms in total. The molecule has 0 saturated carbocycles. The Balaban J connectivity index is 2.97. The molecule has 0 bridgehead atoms. The van der Waals surface area contributed by atoms with Gasteiger partial charge in [-0.25, -0.2) is 0 Å². The van der Waals surface area contributed by atoms with Crippen molar-refractivity contribution >= 4 is 0 Å². The van der Waals surface area contributed by atoms with E-state index in [0.29, 0.717) is 12.0 Å². The molecule has 0 amide bonds. The summed E-state index contributed by atoms with van der Waals surface area (Å²) in [7, 11) is 2.00. The van der Waals surface area contributed by atoms with Gasteiger partial charge in [0.25, 0.3) is 0 Å². The molecule has 1 unspecified atom stereocenters. The highest BCUT2D eigenvalue weighted by atomic mass is 14.9. The van der Waals surface area contributed by atoms with E-state index < -0.39 is 0 Å². The van der Waals surface area contributed by atoms with Crippen molar-refractivity contribution in [3.63, 3.8) is 0 Å². The average molecular weight is 178 g/mol. The highest BCUT2D eigenvalue weighted by Crippen LogP contribution is 2.22. The molecule has 1 atom stereocenters. The van der Waals surface area contributed by atoms with Crippen LogP contribution in [0.5, 0.6) is 0 Å². The Kier molecular flexibility index (Phi) is 3.43. The predicted molar refractivity (Wildman–Crippen MR) is 55.6 cm³/mol. The van der Waals surface area contributed by atoms with Gasteiger partial charge in [0.1, 0.15) is 0 Å². The van der Waals surface area contributed by atoms with Crippen LogP contribution in [-0.4, -0.2) is 12.0 Å². The molecule has 72 valence electrons. The fourth-order valence-corrected chi connectivity index (χ4v) is 1.68. The van der Waals surface area contributed by atoms with Gasteiger partial charge in [-0.1, -0.05) is 13.8 Å². The van der Waals surface area contributed by atoms with E-state index in [9.17, 15) is 0 Å². The van der Waals surface area contributed by atoms with Gasteiger partial charge in [-0.2, -0.15) is 0 Å². The van der Waals surface area contributed by atoms with E-state index in [1.54, 1.807) is 0 Å².